The van der Waals surface area contributed by atoms with Gasteiger partial charge < -0.3 is 5.32 Å². The number of aryl methyl sites for hydroxylation is 2. The molecule has 8 heteroatoms. The molecule has 6 nitrogen and oxygen atoms in total. The maximum atomic E-state index is 12.3. The molecule has 0 atom stereocenters. The van der Waals surface area contributed by atoms with E-state index in [1.165, 1.54) is 24.3 Å². The van der Waals surface area contributed by atoms with Crippen molar-refractivity contribution in [2.75, 3.05) is 11.1 Å². The Morgan fingerprint density at radius 3 is 2.71 bits per heavy atom. The lowest BCUT2D eigenvalue weighted by Crippen LogP contribution is -2.19. The summed E-state index contributed by atoms with van der Waals surface area (Å²) in [6.45, 7) is 0. The molecule has 1 N–H and O–H groups in total. The molecule has 1 aromatic carbocycles. The van der Waals surface area contributed by atoms with E-state index >= 15 is 0 Å². The number of aromatic nitrogens is 2. The van der Waals surface area contributed by atoms with E-state index in [-0.39, 0.29) is 23.0 Å². The highest BCUT2D eigenvalue weighted by molar-refractivity contribution is 7.91. The smallest absolute Gasteiger partial charge is 0.226 e. The van der Waals surface area contributed by atoms with Gasteiger partial charge in [-0.05, 0) is 43.5 Å². The quantitative estimate of drug-likeness (QED) is 0.879. The Morgan fingerprint density at radius 1 is 1.29 bits per heavy atom. The topological polar surface area (TPSA) is 81.1 Å². The summed E-state index contributed by atoms with van der Waals surface area (Å²) in [5.41, 5.74) is 2.08. The molecule has 1 amide bonds. The van der Waals surface area contributed by atoms with Gasteiger partial charge in [0.05, 0.1) is 16.3 Å². The first-order valence-corrected chi connectivity index (χ1v) is 9.73. The van der Waals surface area contributed by atoms with E-state index < -0.39 is 9.84 Å². The SMILES string of the molecule is Cn1nc2c(c1NC(=O)CCS(=O)(=O)c1ccc(Cl)cc1)CCC2. The lowest BCUT2D eigenvalue weighted by Gasteiger charge is -2.08. The maximum absolute atomic E-state index is 12.3. The van der Waals surface area contributed by atoms with Gasteiger partial charge in [-0.25, -0.2) is 8.42 Å². The number of rotatable bonds is 5. The van der Waals surface area contributed by atoms with E-state index in [2.05, 4.69) is 10.4 Å². The van der Waals surface area contributed by atoms with Crippen molar-refractivity contribution in [1.82, 2.24) is 9.78 Å². The lowest BCUT2D eigenvalue weighted by molar-refractivity contribution is -0.115. The molecule has 0 fully saturated rings. The van der Waals surface area contributed by atoms with Gasteiger partial charge in [0.25, 0.3) is 0 Å². The Kier molecular flexibility index (Phi) is 4.64. The molecule has 2 aromatic rings. The third-order valence-corrected chi connectivity index (χ3v) is 6.08. The highest BCUT2D eigenvalue weighted by Crippen LogP contribution is 2.28. The number of sulfone groups is 1. The van der Waals surface area contributed by atoms with Gasteiger partial charge in [-0.3, -0.25) is 9.48 Å². The number of fused-ring (bicyclic) bond motifs is 1. The molecule has 0 saturated heterocycles. The Hall–Kier alpha value is -1.86. The van der Waals surface area contributed by atoms with Crippen LogP contribution in [0.1, 0.15) is 24.1 Å². The average Bonchev–Trinajstić information content (AvgIpc) is 3.09. The number of nitrogens with one attached hydrogen (secondary N) is 1. The monoisotopic (exact) mass is 367 g/mol. The number of carbonyl (C=O) groups excluding carboxylic acids is 1. The van der Waals surface area contributed by atoms with Gasteiger partial charge >= 0.3 is 0 Å². The molecule has 1 heterocycles. The van der Waals surface area contributed by atoms with Crippen LogP contribution in [0.2, 0.25) is 5.02 Å². The molecule has 0 saturated carbocycles. The molecule has 0 unspecified atom stereocenters. The van der Waals surface area contributed by atoms with Crippen molar-refractivity contribution < 1.29 is 13.2 Å². The molecular formula is C16H18ClN3O3S. The zero-order chi connectivity index (χ0) is 17.3. The second kappa shape index (κ2) is 6.57. The Morgan fingerprint density at radius 2 is 2.00 bits per heavy atom. The molecule has 24 heavy (non-hydrogen) atoms. The van der Waals surface area contributed by atoms with E-state index in [4.69, 9.17) is 11.6 Å². The Balaban J connectivity index is 1.65. The van der Waals surface area contributed by atoms with Gasteiger partial charge in [0, 0.05) is 24.1 Å². The van der Waals surface area contributed by atoms with E-state index in [1.807, 2.05) is 0 Å². The van der Waals surface area contributed by atoms with Gasteiger partial charge in [0.1, 0.15) is 5.82 Å². The summed E-state index contributed by atoms with van der Waals surface area (Å²) >= 11 is 5.76. The van der Waals surface area contributed by atoms with Crippen molar-refractivity contribution in [3.63, 3.8) is 0 Å². The Bertz CT molecular complexity index is 873. The third kappa shape index (κ3) is 3.47. The summed E-state index contributed by atoms with van der Waals surface area (Å²) in [5.74, 6) is 0.0992. The largest absolute Gasteiger partial charge is 0.311 e. The second-order valence-electron chi connectivity index (χ2n) is 5.82. The summed E-state index contributed by atoms with van der Waals surface area (Å²) in [6.07, 6.45) is 2.74. The number of nitrogens with zero attached hydrogens (tertiary/aromatic N) is 2. The number of carbonyl (C=O) groups is 1. The van der Waals surface area contributed by atoms with Crippen LogP contribution < -0.4 is 5.32 Å². The predicted molar refractivity (Wildman–Crippen MR) is 92.0 cm³/mol. The fourth-order valence-corrected chi connectivity index (χ4v) is 4.22. The summed E-state index contributed by atoms with van der Waals surface area (Å²) < 4.78 is 26.2. The van der Waals surface area contributed by atoms with Crippen molar-refractivity contribution in [2.24, 2.45) is 7.05 Å². The first-order valence-electron chi connectivity index (χ1n) is 7.70. The summed E-state index contributed by atoms with van der Waals surface area (Å²) in [5, 5.41) is 7.65. The van der Waals surface area contributed by atoms with Gasteiger partial charge in [-0.15, -0.1) is 0 Å². The first-order chi connectivity index (χ1) is 11.4. The number of halogens is 1. The first kappa shape index (κ1) is 17.0. The van der Waals surface area contributed by atoms with Crippen LogP contribution in [0.4, 0.5) is 5.82 Å². The fourth-order valence-electron chi connectivity index (χ4n) is 2.86. The van der Waals surface area contributed by atoms with Crippen LogP contribution in [0.25, 0.3) is 0 Å². The van der Waals surface area contributed by atoms with Gasteiger partial charge in [-0.2, -0.15) is 5.10 Å². The van der Waals surface area contributed by atoms with Gasteiger partial charge in [0.15, 0.2) is 9.84 Å². The van der Waals surface area contributed by atoms with Crippen molar-refractivity contribution >= 4 is 33.2 Å². The fraction of sp³-hybridized carbons (Fsp3) is 0.375. The molecule has 1 aliphatic carbocycles. The second-order valence-corrected chi connectivity index (χ2v) is 8.37. The minimum Gasteiger partial charge on any atom is -0.311 e. The maximum Gasteiger partial charge on any atom is 0.226 e. The lowest BCUT2D eigenvalue weighted by atomic mass is 10.2. The van der Waals surface area contributed by atoms with Crippen LogP contribution in [0, 0.1) is 0 Å². The molecule has 128 valence electrons. The van der Waals surface area contributed by atoms with Crippen LogP contribution in [-0.2, 0) is 34.5 Å². The van der Waals surface area contributed by atoms with Gasteiger partial charge in [0.2, 0.25) is 5.91 Å². The molecular weight excluding hydrogens is 350 g/mol. The van der Waals surface area contributed by atoms with E-state index in [1.54, 1.807) is 11.7 Å². The summed E-state index contributed by atoms with van der Waals surface area (Å²) in [4.78, 5) is 12.3. The minimum absolute atomic E-state index is 0.106. The number of hydrogen-bond donors (Lipinski definition) is 1. The van der Waals surface area contributed by atoms with E-state index in [0.29, 0.717) is 10.8 Å². The van der Waals surface area contributed by atoms with E-state index in [0.717, 1.165) is 30.5 Å². The molecule has 0 radical (unpaired) electrons. The number of benzene rings is 1. The average molecular weight is 368 g/mol. The molecule has 1 aliphatic rings. The normalized spacial score (nSPS) is 13.8. The van der Waals surface area contributed by atoms with Crippen molar-refractivity contribution in [3.8, 4) is 0 Å². The van der Waals surface area contributed by atoms with Crippen molar-refractivity contribution in [1.29, 1.82) is 0 Å². The number of hydrogen-bond acceptors (Lipinski definition) is 4. The molecule has 1 aromatic heterocycles. The molecule has 3 rings (SSSR count). The molecule has 0 spiro atoms. The third-order valence-electron chi connectivity index (χ3n) is 4.10. The summed E-state index contributed by atoms with van der Waals surface area (Å²) in [6, 6.07) is 5.94. The van der Waals surface area contributed by atoms with E-state index in [9.17, 15) is 13.2 Å². The predicted octanol–water partition coefficient (Wildman–Crippen LogP) is 2.36. The van der Waals surface area contributed by atoms with Crippen LogP contribution in [0.15, 0.2) is 29.2 Å². The number of anilines is 1. The van der Waals surface area contributed by atoms with Gasteiger partial charge in [-0.1, -0.05) is 11.6 Å². The minimum atomic E-state index is -3.51. The van der Waals surface area contributed by atoms with Crippen LogP contribution in [-0.4, -0.2) is 29.9 Å². The summed E-state index contributed by atoms with van der Waals surface area (Å²) in [7, 11) is -1.74. The van der Waals surface area contributed by atoms with Crippen LogP contribution in [0.3, 0.4) is 0 Å². The van der Waals surface area contributed by atoms with Crippen LogP contribution in [0.5, 0.6) is 0 Å². The zero-order valence-electron chi connectivity index (χ0n) is 13.3. The van der Waals surface area contributed by atoms with Crippen molar-refractivity contribution in [2.45, 2.75) is 30.6 Å². The van der Waals surface area contributed by atoms with Crippen molar-refractivity contribution in [3.05, 3.63) is 40.5 Å². The molecule has 0 aliphatic heterocycles. The number of amides is 1. The zero-order valence-corrected chi connectivity index (χ0v) is 14.8. The Labute approximate surface area is 145 Å². The molecule has 0 bridgehead atoms. The van der Waals surface area contributed by atoms with Crippen LogP contribution >= 0.6 is 11.6 Å². The standard InChI is InChI=1S/C16H18ClN3O3S/c1-20-16(13-3-2-4-14(13)19-20)18-15(21)9-10-24(22,23)12-7-5-11(17)6-8-12/h5-8H,2-4,9-10H2,1H3,(H,18,21). The highest BCUT2D eigenvalue weighted by Gasteiger charge is 2.23. The highest BCUT2D eigenvalue weighted by atomic mass is 35.5.